The van der Waals surface area contributed by atoms with Gasteiger partial charge in [-0.3, -0.25) is 14.2 Å². The molecule has 0 aliphatic carbocycles. The highest BCUT2D eigenvalue weighted by Gasteiger charge is 2.16. The van der Waals surface area contributed by atoms with Gasteiger partial charge in [0.2, 0.25) is 5.91 Å². The van der Waals surface area contributed by atoms with Crippen molar-refractivity contribution in [2.24, 2.45) is 7.05 Å². The number of amides is 1. The smallest absolute Gasteiger partial charge is 0.278 e. The molecule has 0 fully saturated rings. The Bertz CT molecular complexity index is 1210. The number of para-hydroxylation sites is 1. The van der Waals surface area contributed by atoms with Crippen LogP contribution in [0, 0.1) is 0 Å². The fraction of sp³-hybridized carbons (Fsp3) is 0.0952. The van der Waals surface area contributed by atoms with Crippen molar-refractivity contribution in [2.75, 3.05) is 5.32 Å². The molecule has 0 bridgehead atoms. The molecule has 1 N–H and O–H groups in total. The first-order valence-corrected chi connectivity index (χ1v) is 9.06. The van der Waals surface area contributed by atoms with Crippen LogP contribution in [0.25, 0.3) is 22.2 Å². The first-order valence-electron chi connectivity index (χ1n) is 8.68. The SMILES string of the molecule is Cn1cc(-c2ccc(Cl)cc2)c2ncn(CC(=O)Nc3ccccc3)c(=O)c21. The second-order valence-corrected chi connectivity index (χ2v) is 6.89. The summed E-state index contributed by atoms with van der Waals surface area (Å²) in [4.78, 5) is 29.7. The minimum atomic E-state index is -0.290. The van der Waals surface area contributed by atoms with Crippen molar-refractivity contribution in [1.82, 2.24) is 14.1 Å². The van der Waals surface area contributed by atoms with E-state index in [4.69, 9.17) is 11.6 Å². The van der Waals surface area contributed by atoms with Gasteiger partial charge in [0.25, 0.3) is 5.56 Å². The molecule has 1 amide bonds. The summed E-state index contributed by atoms with van der Waals surface area (Å²) in [5, 5.41) is 3.41. The Balaban J connectivity index is 1.68. The fourth-order valence-corrected chi connectivity index (χ4v) is 3.27. The van der Waals surface area contributed by atoms with E-state index < -0.39 is 0 Å². The molecule has 0 saturated carbocycles. The zero-order valence-electron chi connectivity index (χ0n) is 15.1. The van der Waals surface area contributed by atoms with Gasteiger partial charge in [-0.25, -0.2) is 4.98 Å². The predicted octanol–water partition coefficient (Wildman–Crippen LogP) is 3.69. The fourth-order valence-electron chi connectivity index (χ4n) is 3.14. The lowest BCUT2D eigenvalue weighted by Crippen LogP contribution is -2.28. The van der Waals surface area contributed by atoms with Crippen molar-refractivity contribution in [3.63, 3.8) is 0 Å². The van der Waals surface area contributed by atoms with Crippen LogP contribution < -0.4 is 10.9 Å². The Morgan fingerprint density at radius 3 is 2.54 bits per heavy atom. The number of carbonyl (C=O) groups is 1. The number of nitrogens with one attached hydrogen (secondary N) is 1. The summed E-state index contributed by atoms with van der Waals surface area (Å²) in [6, 6.07) is 16.5. The monoisotopic (exact) mass is 392 g/mol. The summed E-state index contributed by atoms with van der Waals surface area (Å²) in [6.45, 7) is -0.113. The van der Waals surface area contributed by atoms with Crippen LogP contribution in [-0.2, 0) is 18.4 Å². The zero-order valence-corrected chi connectivity index (χ0v) is 15.8. The van der Waals surface area contributed by atoms with Gasteiger partial charge < -0.3 is 9.88 Å². The molecule has 0 saturated heterocycles. The Kier molecular flexibility index (Phi) is 4.71. The van der Waals surface area contributed by atoms with Crippen molar-refractivity contribution in [3.8, 4) is 11.1 Å². The highest BCUT2D eigenvalue weighted by atomic mass is 35.5. The normalized spacial score (nSPS) is 10.9. The molecule has 28 heavy (non-hydrogen) atoms. The first-order chi connectivity index (χ1) is 13.5. The van der Waals surface area contributed by atoms with Crippen LogP contribution in [0.15, 0.2) is 71.9 Å². The second-order valence-electron chi connectivity index (χ2n) is 6.45. The van der Waals surface area contributed by atoms with E-state index >= 15 is 0 Å². The number of carbonyl (C=O) groups excluding carboxylic acids is 1. The number of halogens is 1. The average molecular weight is 393 g/mol. The average Bonchev–Trinajstić information content (AvgIpc) is 3.02. The maximum Gasteiger partial charge on any atom is 0.278 e. The van der Waals surface area contributed by atoms with Gasteiger partial charge in [-0.1, -0.05) is 41.9 Å². The predicted molar refractivity (Wildman–Crippen MR) is 110 cm³/mol. The number of anilines is 1. The van der Waals surface area contributed by atoms with Crippen molar-refractivity contribution in [3.05, 3.63) is 82.5 Å². The van der Waals surface area contributed by atoms with E-state index in [-0.39, 0.29) is 18.0 Å². The third kappa shape index (κ3) is 3.42. The number of nitrogens with zero attached hydrogens (tertiary/aromatic N) is 3. The van der Waals surface area contributed by atoms with Crippen LogP contribution in [0.1, 0.15) is 0 Å². The molecule has 4 rings (SSSR count). The lowest BCUT2D eigenvalue weighted by Gasteiger charge is -2.08. The van der Waals surface area contributed by atoms with E-state index in [2.05, 4.69) is 10.3 Å². The summed E-state index contributed by atoms with van der Waals surface area (Å²) in [5.41, 5.74) is 3.21. The molecule has 2 aromatic carbocycles. The number of hydrogen-bond acceptors (Lipinski definition) is 3. The number of hydrogen-bond donors (Lipinski definition) is 1. The number of benzene rings is 2. The molecule has 0 unspecified atom stereocenters. The van der Waals surface area contributed by atoms with Gasteiger partial charge in [0, 0.05) is 29.5 Å². The number of aromatic nitrogens is 3. The Morgan fingerprint density at radius 1 is 1.11 bits per heavy atom. The van der Waals surface area contributed by atoms with E-state index in [1.165, 1.54) is 10.9 Å². The summed E-state index contributed by atoms with van der Waals surface area (Å²) < 4.78 is 3.05. The minimum absolute atomic E-state index is 0.113. The minimum Gasteiger partial charge on any atom is -0.344 e. The molecule has 140 valence electrons. The number of rotatable bonds is 4. The first kappa shape index (κ1) is 18.0. The molecule has 6 nitrogen and oxygen atoms in total. The van der Waals surface area contributed by atoms with E-state index in [1.54, 1.807) is 35.9 Å². The topological polar surface area (TPSA) is 68.9 Å². The van der Waals surface area contributed by atoms with Gasteiger partial charge in [0.15, 0.2) is 0 Å². The third-order valence-corrected chi connectivity index (χ3v) is 4.72. The molecule has 0 atom stereocenters. The van der Waals surface area contributed by atoms with Gasteiger partial charge in [-0.05, 0) is 29.8 Å². The molecule has 7 heteroatoms. The van der Waals surface area contributed by atoms with E-state index in [1.807, 2.05) is 36.5 Å². The molecule has 0 aliphatic rings. The molecular weight excluding hydrogens is 376 g/mol. The largest absolute Gasteiger partial charge is 0.344 e. The van der Waals surface area contributed by atoms with Gasteiger partial charge in [0.05, 0.1) is 6.33 Å². The van der Waals surface area contributed by atoms with Crippen LogP contribution in [0.2, 0.25) is 5.02 Å². The van der Waals surface area contributed by atoms with Gasteiger partial charge >= 0.3 is 0 Å². The lowest BCUT2D eigenvalue weighted by atomic mass is 10.1. The molecule has 0 spiro atoms. The number of fused-ring (bicyclic) bond motifs is 1. The van der Waals surface area contributed by atoms with Crippen LogP contribution in [0.4, 0.5) is 5.69 Å². The van der Waals surface area contributed by atoms with E-state index in [0.717, 1.165) is 11.1 Å². The van der Waals surface area contributed by atoms with Crippen molar-refractivity contribution in [2.45, 2.75) is 6.54 Å². The summed E-state index contributed by atoms with van der Waals surface area (Å²) >= 11 is 5.96. The van der Waals surface area contributed by atoms with E-state index in [0.29, 0.717) is 21.7 Å². The molecule has 4 aromatic rings. The van der Waals surface area contributed by atoms with E-state index in [9.17, 15) is 9.59 Å². The Morgan fingerprint density at radius 2 is 1.82 bits per heavy atom. The highest BCUT2D eigenvalue weighted by Crippen LogP contribution is 2.28. The molecular formula is C21H17ClN4O2. The highest BCUT2D eigenvalue weighted by molar-refractivity contribution is 6.30. The number of aryl methyl sites for hydroxylation is 1. The maximum absolute atomic E-state index is 12.9. The van der Waals surface area contributed by atoms with Gasteiger partial charge in [-0.15, -0.1) is 0 Å². The Labute approximate surface area is 166 Å². The van der Waals surface area contributed by atoms with Gasteiger partial charge in [-0.2, -0.15) is 0 Å². The molecule has 0 radical (unpaired) electrons. The summed E-state index contributed by atoms with van der Waals surface area (Å²) in [5.74, 6) is -0.290. The van der Waals surface area contributed by atoms with Gasteiger partial charge in [0.1, 0.15) is 17.6 Å². The van der Waals surface area contributed by atoms with Crippen molar-refractivity contribution < 1.29 is 4.79 Å². The molecule has 2 heterocycles. The standard InChI is InChI=1S/C21H17ClN4O2/c1-25-11-17(14-7-9-15(22)10-8-14)19-20(25)21(28)26(13-23-19)12-18(27)24-16-5-3-2-4-6-16/h2-11,13H,12H2,1H3,(H,24,27). The van der Waals surface area contributed by atoms with Crippen LogP contribution in [0.5, 0.6) is 0 Å². The second kappa shape index (κ2) is 7.32. The third-order valence-electron chi connectivity index (χ3n) is 4.47. The summed E-state index contributed by atoms with van der Waals surface area (Å²) in [7, 11) is 1.79. The van der Waals surface area contributed by atoms with Crippen molar-refractivity contribution >= 4 is 34.2 Å². The quantitative estimate of drug-likeness (QED) is 0.575. The molecule has 0 aliphatic heterocycles. The Hall–Kier alpha value is -3.38. The lowest BCUT2D eigenvalue weighted by molar-refractivity contribution is -0.116. The van der Waals surface area contributed by atoms with Crippen molar-refractivity contribution in [1.29, 1.82) is 0 Å². The summed E-state index contributed by atoms with van der Waals surface area (Å²) in [6.07, 6.45) is 3.27. The maximum atomic E-state index is 12.9. The van der Waals surface area contributed by atoms with Crippen LogP contribution in [0.3, 0.4) is 0 Å². The van der Waals surface area contributed by atoms with Crippen LogP contribution in [-0.4, -0.2) is 20.0 Å². The zero-order chi connectivity index (χ0) is 19.7. The molecule has 2 aromatic heterocycles. The van der Waals surface area contributed by atoms with Crippen LogP contribution >= 0.6 is 11.6 Å².